The highest BCUT2D eigenvalue weighted by molar-refractivity contribution is 5.91. The van der Waals surface area contributed by atoms with Crippen molar-refractivity contribution in [1.82, 2.24) is 15.8 Å². The molecule has 0 aliphatic rings. The molecule has 0 unspecified atom stereocenters. The quantitative estimate of drug-likeness (QED) is 0.511. The largest absolute Gasteiger partial charge is 0.367 e. The van der Waals surface area contributed by atoms with Crippen molar-refractivity contribution in [2.45, 2.75) is 0 Å². The molecule has 0 bridgehead atoms. The molecular formula is C8H8N4O2. The second-order valence-corrected chi connectivity index (χ2v) is 2.26. The van der Waals surface area contributed by atoms with Crippen LogP contribution in [-0.2, 0) is 0 Å². The molecule has 0 saturated heterocycles. The summed E-state index contributed by atoms with van der Waals surface area (Å²) in [4.78, 5) is 15.0. The Labute approximate surface area is 80.5 Å². The summed E-state index contributed by atoms with van der Waals surface area (Å²) in [6, 6.07) is 4.57. The van der Waals surface area contributed by atoms with Crippen LogP contribution < -0.4 is 15.6 Å². The lowest BCUT2D eigenvalue weighted by Crippen LogP contribution is -2.34. The lowest BCUT2D eigenvalue weighted by Gasteiger charge is -2.02. The number of hydrazine groups is 1. The van der Waals surface area contributed by atoms with Gasteiger partial charge < -0.3 is 4.74 Å². The Hall–Kier alpha value is -2.13. The number of nitriles is 1. The van der Waals surface area contributed by atoms with Gasteiger partial charge in [-0.15, -0.1) is 5.26 Å². The SMILES string of the molecule is CNNC(=O)c1cccc(OC#N)n1. The fourth-order valence-corrected chi connectivity index (χ4v) is 0.822. The molecule has 1 aromatic heterocycles. The average molecular weight is 192 g/mol. The molecule has 0 aromatic carbocycles. The van der Waals surface area contributed by atoms with Gasteiger partial charge in [0.05, 0.1) is 0 Å². The number of carbonyl (C=O) groups is 1. The molecule has 1 aromatic rings. The molecule has 2 N–H and O–H groups in total. The van der Waals surface area contributed by atoms with E-state index in [9.17, 15) is 4.79 Å². The normalized spacial score (nSPS) is 8.86. The first-order valence-electron chi connectivity index (χ1n) is 3.78. The Morgan fingerprint density at radius 3 is 3.07 bits per heavy atom. The minimum absolute atomic E-state index is 0.0938. The number of nitrogens with zero attached hydrogens (tertiary/aromatic N) is 2. The van der Waals surface area contributed by atoms with Gasteiger partial charge in [0.25, 0.3) is 12.2 Å². The van der Waals surface area contributed by atoms with E-state index in [2.05, 4.69) is 20.6 Å². The Bertz CT molecular complexity index is 372. The summed E-state index contributed by atoms with van der Waals surface area (Å²) in [5.74, 6) is -0.299. The molecule has 1 heterocycles. The van der Waals surface area contributed by atoms with Gasteiger partial charge in [0, 0.05) is 13.1 Å². The monoisotopic (exact) mass is 192 g/mol. The van der Waals surface area contributed by atoms with Gasteiger partial charge >= 0.3 is 0 Å². The van der Waals surface area contributed by atoms with Crippen LogP contribution in [0.2, 0.25) is 0 Å². The summed E-state index contributed by atoms with van der Waals surface area (Å²) in [7, 11) is 1.56. The Balaban J connectivity index is 2.83. The third kappa shape index (κ3) is 2.43. The van der Waals surface area contributed by atoms with Crippen LogP contribution >= 0.6 is 0 Å². The fraction of sp³-hybridized carbons (Fsp3) is 0.125. The molecule has 0 atom stereocenters. The number of carbonyl (C=O) groups excluding carboxylic acids is 1. The number of hydrogen-bond acceptors (Lipinski definition) is 5. The van der Waals surface area contributed by atoms with Crippen LogP contribution in [0, 0.1) is 11.5 Å². The third-order valence-corrected chi connectivity index (χ3v) is 1.34. The number of pyridine rings is 1. The van der Waals surface area contributed by atoms with Crippen LogP contribution in [0.15, 0.2) is 18.2 Å². The molecule has 14 heavy (non-hydrogen) atoms. The Morgan fingerprint density at radius 1 is 1.64 bits per heavy atom. The lowest BCUT2D eigenvalue weighted by atomic mass is 10.3. The van der Waals surface area contributed by atoms with E-state index in [0.29, 0.717) is 0 Å². The number of rotatable bonds is 3. The summed E-state index contributed by atoms with van der Waals surface area (Å²) < 4.78 is 4.47. The zero-order valence-electron chi connectivity index (χ0n) is 7.44. The molecule has 0 saturated carbocycles. The highest BCUT2D eigenvalue weighted by Crippen LogP contribution is 2.06. The predicted octanol–water partition coefficient (Wildman–Crippen LogP) is -0.194. The van der Waals surface area contributed by atoms with Gasteiger partial charge in [-0.3, -0.25) is 10.2 Å². The fourth-order valence-electron chi connectivity index (χ4n) is 0.822. The van der Waals surface area contributed by atoms with Gasteiger partial charge in [-0.1, -0.05) is 6.07 Å². The van der Waals surface area contributed by atoms with E-state index in [4.69, 9.17) is 5.26 Å². The second-order valence-electron chi connectivity index (χ2n) is 2.26. The third-order valence-electron chi connectivity index (χ3n) is 1.34. The molecule has 0 fully saturated rings. The molecule has 0 spiro atoms. The van der Waals surface area contributed by atoms with Crippen LogP contribution in [-0.4, -0.2) is 17.9 Å². The van der Waals surface area contributed by atoms with Gasteiger partial charge in [-0.25, -0.2) is 10.4 Å². The van der Waals surface area contributed by atoms with Crippen molar-refractivity contribution in [3.63, 3.8) is 0 Å². The second kappa shape index (κ2) is 4.79. The summed E-state index contributed by atoms with van der Waals surface area (Å²) in [5, 5.41) is 8.23. The van der Waals surface area contributed by atoms with E-state index in [1.54, 1.807) is 13.1 Å². The number of hydrogen-bond donors (Lipinski definition) is 2. The molecule has 6 nitrogen and oxygen atoms in total. The topological polar surface area (TPSA) is 87.0 Å². The van der Waals surface area contributed by atoms with Gasteiger partial charge in [-0.2, -0.15) is 0 Å². The number of aromatic nitrogens is 1. The molecule has 1 rings (SSSR count). The van der Waals surface area contributed by atoms with Crippen LogP contribution in [0.25, 0.3) is 0 Å². The molecule has 1 amide bonds. The van der Waals surface area contributed by atoms with Crippen molar-refractivity contribution in [2.24, 2.45) is 0 Å². The van der Waals surface area contributed by atoms with Crippen molar-refractivity contribution in [2.75, 3.05) is 7.05 Å². The van der Waals surface area contributed by atoms with Crippen LogP contribution in [0.5, 0.6) is 5.88 Å². The molecule has 0 aliphatic heterocycles. The molecule has 6 heteroatoms. The van der Waals surface area contributed by atoms with E-state index < -0.39 is 5.91 Å². The highest BCUT2D eigenvalue weighted by atomic mass is 16.5. The summed E-state index contributed by atoms with van der Waals surface area (Å²) in [5.41, 5.74) is 4.99. The van der Waals surface area contributed by atoms with E-state index in [-0.39, 0.29) is 11.6 Å². The molecule has 0 radical (unpaired) electrons. The number of nitrogens with one attached hydrogen (secondary N) is 2. The molecule has 0 aliphatic carbocycles. The first-order valence-corrected chi connectivity index (χ1v) is 3.78. The highest BCUT2D eigenvalue weighted by Gasteiger charge is 2.06. The lowest BCUT2D eigenvalue weighted by molar-refractivity contribution is 0.0932. The number of amides is 1. The smallest absolute Gasteiger partial charge is 0.293 e. The van der Waals surface area contributed by atoms with Crippen molar-refractivity contribution in [3.05, 3.63) is 23.9 Å². The maximum atomic E-state index is 11.2. The van der Waals surface area contributed by atoms with E-state index in [1.807, 2.05) is 0 Å². The summed E-state index contributed by atoms with van der Waals surface area (Å²) in [6.07, 6.45) is 1.47. The molecular weight excluding hydrogens is 184 g/mol. The zero-order chi connectivity index (χ0) is 10.4. The van der Waals surface area contributed by atoms with E-state index in [1.165, 1.54) is 18.4 Å². The standard InChI is InChI=1S/C8H8N4O2/c1-10-12-8(13)6-3-2-4-7(11-6)14-5-9/h2-4,10H,1H3,(H,12,13). The molecule has 72 valence electrons. The summed E-state index contributed by atoms with van der Waals surface area (Å²) >= 11 is 0. The predicted molar refractivity (Wildman–Crippen MR) is 47.0 cm³/mol. The van der Waals surface area contributed by atoms with Crippen LogP contribution in [0.1, 0.15) is 10.5 Å². The Kier molecular flexibility index (Phi) is 3.41. The van der Waals surface area contributed by atoms with Gasteiger partial charge in [0.15, 0.2) is 0 Å². The summed E-state index contributed by atoms with van der Waals surface area (Å²) in [6.45, 7) is 0. The minimum atomic E-state index is -0.393. The van der Waals surface area contributed by atoms with Gasteiger partial charge in [-0.05, 0) is 6.07 Å². The zero-order valence-corrected chi connectivity index (χ0v) is 7.44. The van der Waals surface area contributed by atoms with Gasteiger partial charge in [0.1, 0.15) is 5.69 Å². The first kappa shape index (κ1) is 9.95. The van der Waals surface area contributed by atoms with Crippen molar-refractivity contribution in [3.8, 4) is 12.1 Å². The first-order chi connectivity index (χ1) is 6.77. The van der Waals surface area contributed by atoms with E-state index in [0.717, 1.165) is 0 Å². The van der Waals surface area contributed by atoms with E-state index >= 15 is 0 Å². The van der Waals surface area contributed by atoms with Crippen LogP contribution in [0.3, 0.4) is 0 Å². The average Bonchev–Trinajstić information content (AvgIpc) is 2.19. The Morgan fingerprint density at radius 2 is 2.43 bits per heavy atom. The van der Waals surface area contributed by atoms with Crippen molar-refractivity contribution < 1.29 is 9.53 Å². The van der Waals surface area contributed by atoms with Crippen LogP contribution in [0.4, 0.5) is 0 Å². The van der Waals surface area contributed by atoms with Gasteiger partial charge in [0.2, 0.25) is 5.88 Å². The van der Waals surface area contributed by atoms with Crippen molar-refractivity contribution >= 4 is 5.91 Å². The maximum absolute atomic E-state index is 11.2. The maximum Gasteiger partial charge on any atom is 0.293 e. The minimum Gasteiger partial charge on any atom is -0.367 e. The van der Waals surface area contributed by atoms with Crippen molar-refractivity contribution in [1.29, 1.82) is 5.26 Å². The number of ether oxygens (including phenoxy) is 1.